The van der Waals surface area contributed by atoms with Gasteiger partial charge in [0.05, 0.1) is 12.1 Å². The topological polar surface area (TPSA) is 39.2 Å². The van der Waals surface area contributed by atoms with Gasteiger partial charge in [-0.15, -0.1) is 0 Å². The van der Waals surface area contributed by atoms with Crippen LogP contribution in [0.5, 0.6) is 0 Å². The average Bonchev–Trinajstić information content (AvgIpc) is 2.29. The molecule has 3 nitrogen and oxygen atoms in total. The summed E-state index contributed by atoms with van der Waals surface area (Å²) in [5, 5.41) is 0.682. The van der Waals surface area contributed by atoms with Gasteiger partial charge in [0.15, 0.2) is 11.5 Å². The van der Waals surface area contributed by atoms with Crippen LogP contribution in [0.15, 0.2) is 22.7 Å². The van der Waals surface area contributed by atoms with Gasteiger partial charge in [0.1, 0.15) is 5.52 Å². The Bertz CT molecular complexity index is 618. The van der Waals surface area contributed by atoms with E-state index in [2.05, 4.69) is 25.7 Å². The van der Waals surface area contributed by atoms with Crippen LogP contribution in [-0.4, -0.2) is 18.1 Å². The third-order valence-electron chi connectivity index (χ3n) is 2.18. The van der Waals surface area contributed by atoms with E-state index >= 15 is 0 Å². The summed E-state index contributed by atoms with van der Waals surface area (Å²) >= 11 is 9.13. The third kappa shape index (κ3) is 2.25. The van der Waals surface area contributed by atoms with Gasteiger partial charge in [-0.25, -0.2) is 14.2 Å². The van der Waals surface area contributed by atoms with E-state index in [1.54, 1.807) is 6.07 Å². The first-order chi connectivity index (χ1) is 8.02. The first kappa shape index (κ1) is 12.3. The molecule has 0 amide bonds. The molecule has 2 aromatic rings. The maximum absolute atomic E-state index is 13.7. The van der Waals surface area contributed by atoms with E-state index in [1.165, 1.54) is 19.2 Å². The summed E-state index contributed by atoms with van der Waals surface area (Å²) < 4.78 is 18.7. The standard InChI is InChI=1S/C11H6BrClFNO2/c1-17-11(16)9-4-7(13)6-2-5(12)3-8(14)10(6)15-9/h2-4H,1H3. The lowest BCUT2D eigenvalue weighted by Gasteiger charge is -2.05. The quantitative estimate of drug-likeness (QED) is 0.755. The summed E-state index contributed by atoms with van der Waals surface area (Å²) in [7, 11) is 1.22. The largest absolute Gasteiger partial charge is 0.464 e. The van der Waals surface area contributed by atoms with E-state index in [0.29, 0.717) is 9.86 Å². The van der Waals surface area contributed by atoms with Gasteiger partial charge in [0.25, 0.3) is 0 Å². The molecule has 0 unspecified atom stereocenters. The number of nitrogens with zero attached hydrogens (tertiary/aromatic N) is 1. The second kappa shape index (κ2) is 4.58. The molecule has 0 aliphatic carbocycles. The van der Waals surface area contributed by atoms with Crippen LogP contribution in [0.3, 0.4) is 0 Å². The molecule has 88 valence electrons. The number of ether oxygens (including phenoxy) is 1. The Morgan fingerprint density at radius 1 is 1.47 bits per heavy atom. The van der Waals surface area contributed by atoms with Gasteiger partial charge >= 0.3 is 5.97 Å². The number of methoxy groups -OCH3 is 1. The Kier molecular flexibility index (Phi) is 3.31. The van der Waals surface area contributed by atoms with Crippen molar-refractivity contribution in [1.82, 2.24) is 4.98 Å². The van der Waals surface area contributed by atoms with E-state index in [9.17, 15) is 9.18 Å². The number of hydrogen-bond donors (Lipinski definition) is 0. The van der Waals surface area contributed by atoms with E-state index in [1.807, 2.05) is 0 Å². The highest BCUT2D eigenvalue weighted by atomic mass is 79.9. The van der Waals surface area contributed by atoms with E-state index < -0.39 is 11.8 Å². The zero-order chi connectivity index (χ0) is 12.6. The van der Waals surface area contributed by atoms with Crippen molar-refractivity contribution >= 4 is 44.4 Å². The van der Waals surface area contributed by atoms with Crippen molar-refractivity contribution in [2.75, 3.05) is 7.11 Å². The Morgan fingerprint density at radius 3 is 2.82 bits per heavy atom. The zero-order valence-corrected chi connectivity index (χ0v) is 11.0. The number of fused-ring (bicyclic) bond motifs is 1. The molecule has 0 aliphatic rings. The minimum absolute atomic E-state index is 0.0220. The molecule has 0 N–H and O–H groups in total. The summed E-state index contributed by atoms with van der Waals surface area (Å²) in [5.41, 5.74) is 0.0207. The molecule has 0 bridgehead atoms. The lowest BCUT2D eigenvalue weighted by atomic mass is 10.2. The molecular formula is C11H6BrClFNO2. The first-order valence-electron chi connectivity index (χ1n) is 4.56. The van der Waals surface area contributed by atoms with Gasteiger partial charge in [-0.05, 0) is 18.2 Å². The number of hydrogen-bond acceptors (Lipinski definition) is 3. The van der Waals surface area contributed by atoms with Gasteiger partial charge in [-0.2, -0.15) is 0 Å². The van der Waals surface area contributed by atoms with Gasteiger partial charge in [-0.3, -0.25) is 0 Å². The number of carbonyl (C=O) groups is 1. The lowest BCUT2D eigenvalue weighted by Crippen LogP contribution is -2.05. The van der Waals surface area contributed by atoms with Crippen LogP contribution in [0.4, 0.5) is 4.39 Å². The van der Waals surface area contributed by atoms with Crippen molar-refractivity contribution in [3.63, 3.8) is 0 Å². The Morgan fingerprint density at radius 2 is 2.18 bits per heavy atom. The second-order valence-corrected chi connectivity index (χ2v) is 4.59. The molecule has 6 heteroatoms. The molecule has 0 saturated carbocycles. The number of rotatable bonds is 1. The molecule has 2 rings (SSSR count). The maximum atomic E-state index is 13.7. The Hall–Kier alpha value is -1.20. The number of benzene rings is 1. The minimum atomic E-state index is -0.656. The zero-order valence-electron chi connectivity index (χ0n) is 8.63. The Balaban J connectivity index is 2.77. The first-order valence-corrected chi connectivity index (χ1v) is 5.73. The highest BCUT2D eigenvalue weighted by molar-refractivity contribution is 9.10. The minimum Gasteiger partial charge on any atom is -0.464 e. The number of esters is 1. The van der Waals surface area contributed by atoms with Crippen molar-refractivity contribution < 1.29 is 13.9 Å². The molecule has 0 aliphatic heterocycles. The summed E-state index contributed by atoms with van der Waals surface area (Å²) in [6.45, 7) is 0. The third-order valence-corrected chi connectivity index (χ3v) is 2.95. The second-order valence-electron chi connectivity index (χ2n) is 3.26. The smallest absolute Gasteiger partial charge is 0.356 e. The van der Waals surface area contributed by atoms with Crippen LogP contribution in [0.1, 0.15) is 10.5 Å². The van der Waals surface area contributed by atoms with E-state index in [4.69, 9.17) is 11.6 Å². The van der Waals surface area contributed by atoms with Crippen LogP contribution in [0.25, 0.3) is 10.9 Å². The van der Waals surface area contributed by atoms with Gasteiger partial charge in [0, 0.05) is 9.86 Å². The Labute approximate surface area is 110 Å². The summed E-state index contributed by atoms with van der Waals surface area (Å²) in [4.78, 5) is 15.2. The van der Waals surface area contributed by atoms with Gasteiger partial charge < -0.3 is 4.74 Å². The summed E-state index contributed by atoms with van der Waals surface area (Å²) in [6.07, 6.45) is 0. The molecule has 0 fully saturated rings. The number of pyridine rings is 1. The highest BCUT2D eigenvalue weighted by Crippen LogP contribution is 2.28. The molecule has 17 heavy (non-hydrogen) atoms. The molecule has 1 aromatic carbocycles. The highest BCUT2D eigenvalue weighted by Gasteiger charge is 2.14. The van der Waals surface area contributed by atoms with Crippen LogP contribution in [0.2, 0.25) is 5.02 Å². The predicted octanol–water partition coefficient (Wildman–Crippen LogP) is 3.58. The van der Waals surface area contributed by atoms with Crippen LogP contribution in [0, 0.1) is 5.82 Å². The molecule has 1 aromatic heterocycles. The van der Waals surface area contributed by atoms with Crippen molar-refractivity contribution in [3.05, 3.63) is 39.2 Å². The van der Waals surface area contributed by atoms with Crippen LogP contribution < -0.4 is 0 Å². The fourth-order valence-electron chi connectivity index (χ4n) is 1.42. The number of aromatic nitrogens is 1. The monoisotopic (exact) mass is 317 g/mol. The number of halogens is 3. The van der Waals surface area contributed by atoms with Gasteiger partial charge in [0.2, 0.25) is 0 Å². The molecule has 1 heterocycles. The van der Waals surface area contributed by atoms with Crippen molar-refractivity contribution in [2.24, 2.45) is 0 Å². The van der Waals surface area contributed by atoms with Crippen LogP contribution in [-0.2, 0) is 4.74 Å². The molecular weight excluding hydrogens is 312 g/mol. The average molecular weight is 319 g/mol. The van der Waals surface area contributed by atoms with E-state index in [0.717, 1.165) is 0 Å². The number of carbonyl (C=O) groups excluding carboxylic acids is 1. The van der Waals surface area contributed by atoms with Crippen molar-refractivity contribution in [1.29, 1.82) is 0 Å². The molecule has 0 atom stereocenters. The molecule has 0 radical (unpaired) electrons. The predicted molar refractivity (Wildman–Crippen MR) is 65.8 cm³/mol. The fraction of sp³-hybridized carbons (Fsp3) is 0.0909. The van der Waals surface area contributed by atoms with Gasteiger partial charge in [-0.1, -0.05) is 27.5 Å². The van der Waals surface area contributed by atoms with E-state index in [-0.39, 0.29) is 16.2 Å². The van der Waals surface area contributed by atoms with Crippen molar-refractivity contribution in [2.45, 2.75) is 0 Å². The molecule has 0 saturated heterocycles. The van der Waals surface area contributed by atoms with Crippen LogP contribution >= 0.6 is 27.5 Å². The summed E-state index contributed by atoms with van der Waals surface area (Å²) in [5.74, 6) is -1.21. The SMILES string of the molecule is COC(=O)c1cc(Cl)c2cc(Br)cc(F)c2n1. The lowest BCUT2D eigenvalue weighted by molar-refractivity contribution is 0.0594. The maximum Gasteiger partial charge on any atom is 0.356 e. The summed E-state index contributed by atoms with van der Waals surface area (Å²) in [6, 6.07) is 4.24. The van der Waals surface area contributed by atoms with Crippen molar-refractivity contribution in [3.8, 4) is 0 Å². The normalized spacial score (nSPS) is 10.6. The molecule has 0 spiro atoms. The fourth-order valence-corrected chi connectivity index (χ4v) is 2.10.